The Kier molecular flexibility index (Phi) is 6.28. The fraction of sp³-hybridized carbons (Fsp3) is 0.417. The summed E-state index contributed by atoms with van der Waals surface area (Å²) in [5.41, 5.74) is 11.5. The van der Waals surface area contributed by atoms with E-state index in [1.165, 1.54) is 12.1 Å². The Morgan fingerprint density at radius 2 is 1.94 bits per heavy atom. The molecule has 0 saturated heterocycles. The van der Waals surface area contributed by atoms with Crippen molar-refractivity contribution in [3.63, 3.8) is 0 Å². The van der Waals surface area contributed by atoms with Gasteiger partial charge in [-0.2, -0.15) is 0 Å². The first-order chi connectivity index (χ1) is 15.0. The normalized spacial score (nSPS) is 15.8. The van der Waals surface area contributed by atoms with Gasteiger partial charge in [-0.05, 0) is 77.6 Å². The molecule has 168 valence electrons. The second kappa shape index (κ2) is 8.63. The molecule has 1 amide bonds. The summed E-state index contributed by atoms with van der Waals surface area (Å²) in [7, 11) is 0. The van der Waals surface area contributed by atoms with Crippen LogP contribution in [0.2, 0.25) is 0 Å². The summed E-state index contributed by atoms with van der Waals surface area (Å²) in [5.74, 6) is -2.02. The molecule has 1 N–H and O–H groups in total. The van der Waals surface area contributed by atoms with E-state index in [0.29, 0.717) is 11.3 Å². The maximum absolute atomic E-state index is 14.3. The number of benzene rings is 2. The van der Waals surface area contributed by atoms with Crippen LogP contribution in [0.1, 0.15) is 72.9 Å². The van der Waals surface area contributed by atoms with Crippen LogP contribution in [0.25, 0.3) is 10.4 Å². The maximum Gasteiger partial charge on any atom is 0.341 e. The molecule has 0 saturated carbocycles. The van der Waals surface area contributed by atoms with E-state index in [0.717, 1.165) is 30.0 Å². The van der Waals surface area contributed by atoms with E-state index >= 15 is 0 Å². The molecule has 3 rings (SSSR count). The highest BCUT2D eigenvalue weighted by Gasteiger charge is 2.38. The number of hydrogen-bond donors (Lipinski definition) is 1. The lowest BCUT2D eigenvalue weighted by atomic mass is 9.62. The molecular formula is C24H27FN4O3. The minimum atomic E-state index is -0.787. The van der Waals surface area contributed by atoms with Crippen LogP contribution in [-0.2, 0) is 16.6 Å². The Hall–Kier alpha value is -3.38. The van der Waals surface area contributed by atoms with Gasteiger partial charge in [-0.15, -0.1) is 0 Å². The van der Waals surface area contributed by atoms with E-state index < -0.39 is 17.7 Å². The van der Waals surface area contributed by atoms with Crippen molar-refractivity contribution in [3.05, 3.63) is 68.8 Å². The van der Waals surface area contributed by atoms with E-state index in [-0.39, 0.29) is 28.7 Å². The van der Waals surface area contributed by atoms with Gasteiger partial charge < -0.3 is 10.1 Å². The van der Waals surface area contributed by atoms with E-state index in [9.17, 15) is 14.0 Å². The number of azide groups is 1. The molecule has 0 bridgehead atoms. The quantitative estimate of drug-likeness (QED) is 0.251. The number of ether oxygens (including phenoxy) is 1. The zero-order chi connectivity index (χ0) is 23.7. The van der Waals surface area contributed by atoms with Crippen molar-refractivity contribution in [1.82, 2.24) is 0 Å². The third-order valence-corrected chi connectivity index (χ3v) is 5.67. The molecule has 8 heteroatoms. The van der Waals surface area contributed by atoms with Crippen LogP contribution >= 0.6 is 0 Å². The molecule has 0 aromatic heterocycles. The summed E-state index contributed by atoms with van der Waals surface area (Å²) in [6, 6.07) is 7.16. The molecule has 7 nitrogen and oxygen atoms in total. The van der Waals surface area contributed by atoms with Crippen molar-refractivity contribution in [2.75, 3.05) is 11.9 Å². The number of halogens is 1. The smallest absolute Gasteiger partial charge is 0.341 e. The van der Waals surface area contributed by atoms with E-state index in [2.05, 4.69) is 43.0 Å². The van der Waals surface area contributed by atoms with Gasteiger partial charge in [0.05, 0.1) is 12.2 Å². The number of amides is 1. The monoisotopic (exact) mass is 438 g/mol. The predicted molar refractivity (Wildman–Crippen MR) is 121 cm³/mol. The van der Waals surface area contributed by atoms with Gasteiger partial charge in [0.25, 0.3) is 5.91 Å². The van der Waals surface area contributed by atoms with Crippen LogP contribution in [0.4, 0.5) is 15.8 Å². The Balaban J connectivity index is 1.96. The SMILES string of the molecule is CCOC(=O)c1ccc(NC(=O)c2cc(N=[N+]=[N-])c3c(c2)C(C)(C)CC(C)(C)C3)cc1F. The molecular weight excluding hydrogens is 411 g/mol. The van der Waals surface area contributed by atoms with E-state index in [1.807, 2.05) is 6.07 Å². The summed E-state index contributed by atoms with van der Waals surface area (Å²) in [4.78, 5) is 27.7. The highest BCUT2D eigenvalue weighted by atomic mass is 19.1. The Morgan fingerprint density at radius 1 is 1.22 bits per heavy atom. The molecule has 0 aliphatic heterocycles. The minimum Gasteiger partial charge on any atom is -0.462 e. The van der Waals surface area contributed by atoms with Crippen molar-refractivity contribution < 1.29 is 18.7 Å². The predicted octanol–water partition coefficient (Wildman–Crippen LogP) is 6.45. The molecule has 2 aromatic rings. The van der Waals surface area contributed by atoms with E-state index in [4.69, 9.17) is 10.3 Å². The molecule has 0 unspecified atom stereocenters. The van der Waals surface area contributed by atoms with Crippen molar-refractivity contribution in [1.29, 1.82) is 0 Å². The zero-order valence-electron chi connectivity index (χ0n) is 19.0. The molecule has 0 heterocycles. The van der Waals surface area contributed by atoms with E-state index in [1.54, 1.807) is 13.0 Å². The third-order valence-electron chi connectivity index (χ3n) is 5.67. The number of anilines is 1. The van der Waals surface area contributed by atoms with Crippen molar-refractivity contribution >= 4 is 23.3 Å². The lowest BCUT2D eigenvalue weighted by molar-refractivity contribution is 0.0521. The summed E-state index contributed by atoms with van der Waals surface area (Å²) in [6.45, 7) is 10.3. The fourth-order valence-corrected chi connectivity index (χ4v) is 4.72. The lowest BCUT2D eigenvalue weighted by Crippen LogP contribution is -2.35. The second-order valence-corrected chi connectivity index (χ2v) is 9.48. The molecule has 1 aliphatic rings. The van der Waals surface area contributed by atoms with Crippen LogP contribution in [0, 0.1) is 11.2 Å². The van der Waals surface area contributed by atoms with Crippen molar-refractivity contribution in [2.45, 2.75) is 52.9 Å². The Bertz CT molecular complexity index is 1130. The molecule has 0 radical (unpaired) electrons. The average molecular weight is 439 g/mol. The Morgan fingerprint density at radius 3 is 2.56 bits per heavy atom. The zero-order valence-corrected chi connectivity index (χ0v) is 19.0. The van der Waals surface area contributed by atoms with Crippen molar-refractivity contribution in [2.24, 2.45) is 10.5 Å². The van der Waals surface area contributed by atoms with Gasteiger partial charge in [0.15, 0.2) is 0 Å². The van der Waals surface area contributed by atoms with Gasteiger partial charge in [0.2, 0.25) is 0 Å². The maximum atomic E-state index is 14.3. The first-order valence-corrected chi connectivity index (χ1v) is 10.5. The second-order valence-electron chi connectivity index (χ2n) is 9.48. The van der Waals surface area contributed by atoms with Gasteiger partial charge >= 0.3 is 5.97 Å². The number of esters is 1. The lowest BCUT2D eigenvalue weighted by Gasteiger charge is -2.43. The molecule has 1 aliphatic carbocycles. The van der Waals surface area contributed by atoms with Crippen LogP contribution in [0.3, 0.4) is 0 Å². The number of carbonyl (C=O) groups excluding carboxylic acids is 2. The van der Waals surface area contributed by atoms with Gasteiger partial charge in [0.1, 0.15) is 5.82 Å². The largest absolute Gasteiger partial charge is 0.462 e. The highest BCUT2D eigenvalue weighted by Crippen LogP contribution is 2.48. The number of hydrogen-bond acceptors (Lipinski definition) is 4. The van der Waals surface area contributed by atoms with Gasteiger partial charge in [-0.25, -0.2) is 9.18 Å². The van der Waals surface area contributed by atoms with Crippen LogP contribution in [0.15, 0.2) is 35.4 Å². The third kappa shape index (κ3) is 4.75. The van der Waals surface area contributed by atoms with Crippen LogP contribution in [-0.4, -0.2) is 18.5 Å². The standard InChI is InChI=1S/C24H27FN4O3/c1-6-32-22(31)16-8-7-15(11-19(16)25)27-21(30)14-9-18-17(20(10-14)28-29-26)12-23(2,3)13-24(18,4)5/h7-11H,6,12-13H2,1-5H3,(H,27,30). The van der Waals surface area contributed by atoms with Gasteiger partial charge in [-0.1, -0.05) is 32.8 Å². The first-order valence-electron chi connectivity index (χ1n) is 10.5. The van der Waals surface area contributed by atoms with Crippen molar-refractivity contribution in [3.8, 4) is 0 Å². The minimum absolute atomic E-state index is 0.0260. The fourth-order valence-electron chi connectivity index (χ4n) is 4.72. The molecule has 0 atom stereocenters. The molecule has 0 spiro atoms. The number of nitrogens with one attached hydrogen (secondary N) is 1. The summed E-state index contributed by atoms with van der Waals surface area (Å²) < 4.78 is 19.1. The van der Waals surface area contributed by atoms with Crippen LogP contribution in [0.5, 0.6) is 0 Å². The number of carbonyl (C=O) groups is 2. The molecule has 2 aromatic carbocycles. The molecule has 0 fully saturated rings. The number of fused-ring (bicyclic) bond motifs is 1. The first kappa shape index (κ1) is 23.3. The highest BCUT2D eigenvalue weighted by molar-refractivity contribution is 6.05. The Labute approximate surface area is 186 Å². The molecule has 32 heavy (non-hydrogen) atoms. The summed E-state index contributed by atoms with van der Waals surface area (Å²) >= 11 is 0. The van der Waals surface area contributed by atoms with Gasteiger partial charge in [0, 0.05) is 21.8 Å². The van der Waals surface area contributed by atoms with Crippen LogP contribution < -0.4 is 5.32 Å². The average Bonchev–Trinajstić information content (AvgIpc) is 2.67. The number of rotatable bonds is 5. The topological polar surface area (TPSA) is 104 Å². The number of nitrogens with zero attached hydrogens (tertiary/aromatic N) is 3. The summed E-state index contributed by atoms with van der Waals surface area (Å²) in [6.07, 6.45) is 1.65. The summed E-state index contributed by atoms with van der Waals surface area (Å²) in [5, 5.41) is 6.50. The van der Waals surface area contributed by atoms with Gasteiger partial charge in [-0.3, -0.25) is 4.79 Å².